The van der Waals surface area contributed by atoms with E-state index in [0.717, 1.165) is 10.2 Å². The maximum atomic E-state index is 5.72. The molecule has 0 saturated heterocycles. The summed E-state index contributed by atoms with van der Waals surface area (Å²) < 4.78 is 22.6. The van der Waals surface area contributed by atoms with Crippen molar-refractivity contribution in [2.75, 3.05) is 26.6 Å². The maximum Gasteiger partial charge on any atom is 0.322 e. The Hall–Kier alpha value is -3.33. The Bertz CT molecular complexity index is 1070. The van der Waals surface area contributed by atoms with E-state index in [1.54, 1.807) is 39.5 Å². The second kappa shape index (κ2) is 7.12. The van der Waals surface area contributed by atoms with E-state index < -0.39 is 0 Å². The Morgan fingerprint density at radius 2 is 1.74 bits per heavy atom. The van der Waals surface area contributed by atoms with E-state index in [4.69, 9.17) is 18.6 Å². The average molecular weight is 384 g/mol. The summed E-state index contributed by atoms with van der Waals surface area (Å²) in [5.41, 5.74) is 1.47. The smallest absolute Gasteiger partial charge is 0.322 e. The van der Waals surface area contributed by atoms with E-state index in [0.29, 0.717) is 33.8 Å². The van der Waals surface area contributed by atoms with Gasteiger partial charge in [-0.1, -0.05) is 22.5 Å². The molecule has 0 fully saturated rings. The number of hydrogen-bond acceptors (Lipinski definition) is 9. The molecule has 9 heteroatoms. The van der Waals surface area contributed by atoms with Gasteiger partial charge in [-0.2, -0.15) is 0 Å². The van der Waals surface area contributed by atoms with Crippen LogP contribution in [0, 0.1) is 0 Å². The summed E-state index contributed by atoms with van der Waals surface area (Å²) in [4.78, 5) is 4.53. The summed E-state index contributed by atoms with van der Waals surface area (Å²) in [7, 11) is 4.79. The first kappa shape index (κ1) is 17.1. The third-order valence-electron chi connectivity index (χ3n) is 3.84. The number of para-hydroxylation sites is 1. The molecule has 4 rings (SSSR count). The lowest BCUT2D eigenvalue weighted by Gasteiger charge is -2.05. The van der Waals surface area contributed by atoms with Gasteiger partial charge in [0, 0.05) is 11.6 Å². The number of nitrogens with zero attached hydrogens (tertiary/aromatic N) is 3. The lowest BCUT2D eigenvalue weighted by molar-refractivity contribution is 0.394. The Balaban J connectivity index is 1.62. The lowest BCUT2D eigenvalue weighted by Crippen LogP contribution is -1.89. The summed E-state index contributed by atoms with van der Waals surface area (Å²) in [5.74, 6) is 2.32. The Morgan fingerprint density at radius 1 is 0.963 bits per heavy atom. The molecule has 27 heavy (non-hydrogen) atoms. The van der Waals surface area contributed by atoms with Crippen molar-refractivity contribution in [1.82, 2.24) is 15.2 Å². The van der Waals surface area contributed by atoms with Gasteiger partial charge >= 0.3 is 6.01 Å². The van der Waals surface area contributed by atoms with Gasteiger partial charge in [-0.3, -0.25) is 5.32 Å². The van der Waals surface area contributed by atoms with Gasteiger partial charge in [0.25, 0.3) is 0 Å². The number of nitrogens with one attached hydrogen (secondary N) is 1. The highest BCUT2D eigenvalue weighted by Gasteiger charge is 2.14. The Morgan fingerprint density at radius 3 is 2.44 bits per heavy atom. The molecule has 0 spiro atoms. The molecule has 2 aromatic heterocycles. The van der Waals surface area contributed by atoms with Crippen LogP contribution in [0.1, 0.15) is 0 Å². The van der Waals surface area contributed by atoms with E-state index in [1.807, 2.05) is 18.2 Å². The molecular weight excluding hydrogens is 368 g/mol. The lowest BCUT2D eigenvalue weighted by atomic mass is 10.2. The summed E-state index contributed by atoms with van der Waals surface area (Å²) in [6, 6.07) is 11.4. The van der Waals surface area contributed by atoms with Gasteiger partial charge in [0.2, 0.25) is 5.89 Å². The van der Waals surface area contributed by atoms with Gasteiger partial charge in [0.15, 0.2) is 5.13 Å². The first-order valence-electron chi connectivity index (χ1n) is 7.97. The molecule has 0 amide bonds. The van der Waals surface area contributed by atoms with Gasteiger partial charge in [-0.05, 0) is 24.3 Å². The second-order valence-electron chi connectivity index (χ2n) is 5.46. The monoisotopic (exact) mass is 384 g/mol. The van der Waals surface area contributed by atoms with Crippen molar-refractivity contribution >= 4 is 32.7 Å². The van der Waals surface area contributed by atoms with Crippen LogP contribution < -0.4 is 19.5 Å². The van der Waals surface area contributed by atoms with Crippen molar-refractivity contribution in [3.63, 3.8) is 0 Å². The highest BCUT2D eigenvalue weighted by atomic mass is 32.1. The topological polar surface area (TPSA) is 91.5 Å². The largest absolute Gasteiger partial charge is 0.497 e. The van der Waals surface area contributed by atoms with Crippen molar-refractivity contribution in [3.05, 3.63) is 36.4 Å². The predicted molar refractivity (Wildman–Crippen MR) is 102 cm³/mol. The highest BCUT2D eigenvalue weighted by molar-refractivity contribution is 7.22. The van der Waals surface area contributed by atoms with Crippen molar-refractivity contribution in [1.29, 1.82) is 0 Å². The summed E-state index contributed by atoms with van der Waals surface area (Å²) in [6.45, 7) is 0. The first-order valence-corrected chi connectivity index (χ1v) is 8.79. The number of hydrogen-bond donors (Lipinski definition) is 1. The number of rotatable bonds is 6. The molecular formula is C18H16N4O4S. The minimum absolute atomic E-state index is 0.241. The fraction of sp³-hybridized carbons (Fsp3) is 0.167. The number of benzene rings is 2. The second-order valence-corrected chi connectivity index (χ2v) is 6.50. The van der Waals surface area contributed by atoms with Crippen LogP contribution in [-0.2, 0) is 0 Å². The molecule has 0 bridgehead atoms. The number of ether oxygens (including phenoxy) is 3. The molecule has 0 unspecified atom stereocenters. The molecule has 4 aromatic rings. The SMILES string of the molecule is COc1cc(OC)cc(-c2nnc(Nc3nc4c(OC)cccc4s3)o2)c1. The van der Waals surface area contributed by atoms with Crippen LogP contribution in [0.15, 0.2) is 40.8 Å². The fourth-order valence-corrected chi connectivity index (χ4v) is 3.43. The normalized spacial score (nSPS) is 10.8. The molecule has 2 aromatic carbocycles. The predicted octanol–water partition coefficient (Wildman–Crippen LogP) is 4.12. The number of methoxy groups -OCH3 is 3. The molecule has 0 radical (unpaired) electrons. The van der Waals surface area contributed by atoms with Crippen LogP contribution in [0.4, 0.5) is 11.1 Å². The van der Waals surface area contributed by atoms with E-state index in [2.05, 4.69) is 20.5 Å². The van der Waals surface area contributed by atoms with Gasteiger partial charge in [-0.15, -0.1) is 5.10 Å². The quantitative estimate of drug-likeness (QED) is 0.531. The molecule has 138 valence electrons. The van der Waals surface area contributed by atoms with Crippen LogP contribution in [0.5, 0.6) is 17.2 Å². The van der Waals surface area contributed by atoms with Crippen molar-refractivity contribution in [2.24, 2.45) is 0 Å². The highest BCUT2D eigenvalue weighted by Crippen LogP contribution is 2.34. The van der Waals surface area contributed by atoms with Crippen LogP contribution in [0.3, 0.4) is 0 Å². The third-order valence-corrected chi connectivity index (χ3v) is 4.78. The van der Waals surface area contributed by atoms with Crippen LogP contribution in [-0.4, -0.2) is 36.5 Å². The van der Waals surface area contributed by atoms with Gasteiger partial charge in [0.05, 0.1) is 26.0 Å². The molecule has 0 aliphatic heterocycles. The van der Waals surface area contributed by atoms with Crippen molar-refractivity contribution < 1.29 is 18.6 Å². The summed E-state index contributed by atoms with van der Waals surface area (Å²) in [6.07, 6.45) is 0. The number of thiazole rings is 1. The molecule has 0 saturated carbocycles. The number of aromatic nitrogens is 3. The molecule has 1 N–H and O–H groups in total. The zero-order chi connectivity index (χ0) is 18.8. The first-order chi connectivity index (χ1) is 13.2. The number of fused-ring (bicyclic) bond motifs is 1. The van der Waals surface area contributed by atoms with Gasteiger partial charge in [-0.25, -0.2) is 4.98 Å². The van der Waals surface area contributed by atoms with Gasteiger partial charge < -0.3 is 18.6 Å². The minimum atomic E-state index is 0.241. The maximum absolute atomic E-state index is 5.72. The van der Waals surface area contributed by atoms with E-state index in [9.17, 15) is 0 Å². The van der Waals surface area contributed by atoms with E-state index in [-0.39, 0.29) is 6.01 Å². The Kier molecular flexibility index (Phi) is 4.51. The molecule has 8 nitrogen and oxygen atoms in total. The van der Waals surface area contributed by atoms with E-state index in [1.165, 1.54) is 11.3 Å². The Labute approximate surface area is 158 Å². The van der Waals surface area contributed by atoms with Crippen molar-refractivity contribution in [3.8, 4) is 28.7 Å². The summed E-state index contributed by atoms with van der Waals surface area (Å²) >= 11 is 1.47. The third kappa shape index (κ3) is 3.36. The minimum Gasteiger partial charge on any atom is -0.497 e. The summed E-state index contributed by atoms with van der Waals surface area (Å²) in [5, 5.41) is 11.8. The van der Waals surface area contributed by atoms with Crippen LogP contribution in [0.25, 0.3) is 21.7 Å². The van der Waals surface area contributed by atoms with Crippen molar-refractivity contribution in [2.45, 2.75) is 0 Å². The fourth-order valence-electron chi connectivity index (χ4n) is 2.55. The average Bonchev–Trinajstić information content (AvgIpc) is 3.34. The molecule has 0 aliphatic rings. The molecule has 0 aliphatic carbocycles. The zero-order valence-corrected chi connectivity index (χ0v) is 15.7. The zero-order valence-electron chi connectivity index (χ0n) is 14.8. The molecule has 0 atom stereocenters. The van der Waals surface area contributed by atoms with Crippen LogP contribution in [0.2, 0.25) is 0 Å². The van der Waals surface area contributed by atoms with E-state index >= 15 is 0 Å². The number of anilines is 2. The van der Waals surface area contributed by atoms with Gasteiger partial charge in [0.1, 0.15) is 22.8 Å². The standard InChI is InChI=1S/C18H16N4O4S/c1-23-11-7-10(8-12(9-11)24-2)16-21-22-17(26-16)20-18-19-15-13(25-3)5-4-6-14(15)27-18/h4-9H,1-3H3,(H,19,20,22). The molecule has 2 heterocycles. The van der Waals surface area contributed by atoms with Crippen LogP contribution >= 0.6 is 11.3 Å².